The number of nitrogens with two attached hydrogens (primary N) is 1. The molecule has 2 unspecified atom stereocenters. The van der Waals surface area contributed by atoms with Crippen LogP contribution in [0.5, 0.6) is 0 Å². The number of hydrogen-bond donors (Lipinski definition) is 2. The quantitative estimate of drug-likeness (QED) is 0.830. The molecule has 6 nitrogen and oxygen atoms in total. The van der Waals surface area contributed by atoms with E-state index < -0.39 is 10.0 Å². The fourth-order valence-electron chi connectivity index (χ4n) is 1.90. The number of hydrogen-bond acceptors (Lipinski definition) is 6. The van der Waals surface area contributed by atoms with Crippen molar-refractivity contribution in [2.24, 2.45) is 5.92 Å². The van der Waals surface area contributed by atoms with Crippen molar-refractivity contribution >= 4 is 26.5 Å². The molecule has 0 radical (unpaired) electrons. The van der Waals surface area contributed by atoms with Crippen molar-refractivity contribution in [3.63, 3.8) is 0 Å². The monoisotopic (exact) mass is 262 g/mol. The molecule has 2 atom stereocenters. The highest BCUT2D eigenvalue weighted by atomic mass is 32.2. The van der Waals surface area contributed by atoms with Crippen LogP contribution in [0.25, 0.3) is 0 Å². The van der Waals surface area contributed by atoms with Gasteiger partial charge in [0, 0.05) is 6.04 Å². The summed E-state index contributed by atoms with van der Waals surface area (Å²) in [6, 6.07) is 0.00937. The standard InChI is InChI=1S/C8H14N4O2S2/c1-5-3-2-4-6(5)12-16(13,14)8-11-10-7(9)15-8/h5-6,12H,2-4H2,1H3,(H2,9,10). The van der Waals surface area contributed by atoms with Crippen LogP contribution in [0.3, 0.4) is 0 Å². The molecule has 90 valence electrons. The van der Waals surface area contributed by atoms with Crippen LogP contribution in [0.15, 0.2) is 4.34 Å². The summed E-state index contributed by atoms with van der Waals surface area (Å²) in [5, 5.41) is 7.22. The van der Waals surface area contributed by atoms with Gasteiger partial charge in [0.05, 0.1) is 0 Å². The molecule has 1 aromatic heterocycles. The van der Waals surface area contributed by atoms with E-state index in [4.69, 9.17) is 5.73 Å². The fourth-order valence-corrected chi connectivity index (χ4v) is 4.08. The number of sulfonamides is 1. The van der Waals surface area contributed by atoms with Crippen molar-refractivity contribution < 1.29 is 8.42 Å². The largest absolute Gasteiger partial charge is 0.374 e. The zero-order chi connectivity index (χ0) is 11.8. The smallest absolute Gasteiger partial charge is 0.270 e. The summed E-state index contributed by atoms with van der Waals surface area (Å²) in [7, 11) is -3.54. The van der Waals surface area contributed by atoms with E-state index in [1.807, 2.05) is 0 Å². The van der Waals surface area contributed by atoms with Crippen LogP contribution in [0, 0.1) is 5.92 Å². The molecule has 1 aliphatic rings. The minimum Gasteiger partial charge on any atom is -0.374 e. The molecule has 1 aliphatic carbocycles. The molecule has 1 fully saturated rings. The van der Waals surface area contributed by atoms with Gasteiger partial charge in [0.2, 0.25) is 9.47 Å². The Labute approximate surface area is 98.3 Å². The highest BCUT2D eigenvalue weighted by Gasteiger charge is 2.30. The third kappa shape index (κ3) is 2.33. The predicted molar refractivity (Wildman–Crippen MR) is 61.4 cm³/mol. The topological polar surface area (TPSA) is 98.0 Å². The lowest BCUT2D eigenvalue weighted by atomic mass is 10.1. The Hall–Kier alpha value is -0.730. The highest BCUT2D eigenvalue weighted by Crippen LogP contribution is 2.27. The van der Waals surface area contributed by atoms with Gasteiger partial charge in [0.15, 0.2) is 0 Å². The van der Waals surface area contributed by atoms with E-state index in [0.717, 1.165) is 30.6 Å². The molecule has 0 amide bonds. The number of aromatic nitrogens is 2. The predicted octanol–water partition coefficient (Wildman–Crippen LogP) is 0.587. The van der Waals surface area contributed by atoms with E-state index in [1.54, 1.807) is 0 Å². The maximum Gasteiger partial charge on any atom is 0.270 e. The lowest BCUT2D eigenvalue weighted by Crippen LogP contribution is -2.36. The fraction of sp³-hybridized carbons (Fsp3) is 0.750. The van der Waals surface area contributed by atoms with Crippen LogP contribution in [-0.2, 0) is 10.0 Å². The Morgan fingerprint density at radius 1 is 1.44 bits per heavy atom. The number of nitrogens with zero attached hydrogens (tertiary/aromatic N) is 2. The Morgan fingerprint density at radius 3 is 2.69 bits per heavy atom. The molecular weight excluding hydrogens is 248 g/mol. The molecule has 3 N–H and O–H groups in total. The maximum absolute atomic E-state index is 11.9. The minimum atomic E-state index is -3.54. The van der Waals surface area contributed by atoms with E-state index in [-0.39, 0.29) is 15.5 Å². The van der Waals surface area contributed by atoms with Gasteiger partial charge in [-0.25, -0.2) is 13.1 Å². The Bertz CT molecular complexity index is 470. The summed E-state index contributed by atoms with van der Waals surface area (Å²) in [6.45, 7) is 2.05. The Morgan fingerprint density at radius 2 is 2.19 bits per heavy atom. The van der Waals surface area contributed by atoms with Crippen LogP contribution in [0.4, 0.5) is 5.13 Å². The van der Waals surface area contributed by atoms with Crippen LogP contribution < -0.4 is 10.5 Å². The Balaban J connectivity index is 2.14. The van der Waals surface area contributed by atoms with E-state index in [9.17, 15) is 8.42 Å². The van der Waals surface area contributed by atoms with E-state index in [0.29, 0.717) is 5.92 Å². The average molecular weight is 262 g/mol. The van der Waals surface area contributed by atoms with Crippen molar-refractivity contribution in [2.45, 2.75) is 36.6 Å². The molecule has 16 heavy (non-hydrogen) atoms. The normalized spacial score (nSPS) is 26.1. The van der Waals surface area contributed by atoms with Crippen molar-refractivity contribution in [3.05, 3.63) is 0 Å². The lowest BCUT2D eigenvalue weighted by molar-refractivity contribution is 0.476. The van der Waals surface area contributed by atoms with Gasteiger partial charge in [-0.05, 0) is 18.8 Å². The summed E-state index contributed by atoms with van der Waals surface area (Å²) < 4.78 is 26.4. The lowest BCUT2D eigenvalue weighted by Gasteiger charge is -2.15. The number of nitrogen functional groups attached to an aromatic ring is 1. The number of rotatable bonds is 3. The molecule has 1 aromatic rings. The van der Waals surface area contributed by atoms with E-state index >= 15 is 0 Å². The molecule has 0 aliphatic heterocycles. The molecule has 8 heteroatoms. The van der Waals surface area contributed by atoms with Crippen molar-refractivity contribution in [3.8, 4) is 0 Å². The van der Waals surface area contributed by atoms with E-state index in [1.165, 1.54) is 0 Å². The van der Waals surface area contributed by atoms with E-state index in [2.05, 4.69) is 21.8 Å². The zero-order valence-corrected chi connectivity index (χ0v) is 10.5. The molecule has 0 saturated heterocycles. The summed E-state index contributed by atoms with van der Waals surface area (Å²) >= 11 is 0.884. The first-order chi connectivity index (χ1) is 7.49. The second kappa shape index (κ2) is 4.27. The van der Waals surface area contributed by atoms with Crippen molar-refractivity contribution in [1.29, 1.82) is 0 Å². The zero-order valence-electron chi connectivity index (χ0n) is 8.88. The summed E-state index contributed by atoms with van der Waals surface area (Å²) in [4.78, 5) is 0. The van der Waals surface area contributed by atoms with Gasteiger partial charge in [-0.15, -0.1) is 10.2 Å². The van der Waals surface area contributed by atoms with Crippen LogP contribution in [0.2, 0.25) is 0 Å². The second-order valence-corrected chi connectivity index (χ2v) is 6.94. The van der Waals surface area contributed by atoms with Gasteiger partial charge in [-0.1, -0.05) is 24.7 Å². The van der Waals surface area contributed by atoms with Gasteiger partial charge in [-0.3, -0.25) is 0 Å². The minimum absolute atomic E-state index is 0.00937. The molecule has 1 saturated carbocycles. The van der Waals surface area contributed by atoms with Crippen LogP contribution in [0.1, 0.15) is 26.2 Å². The highest BCUT2D eigenvalue weighted by molar-refractivity contribution is 7.91. The SMILES string of the molecule is CC1CCCC1NS(=O)(=O)c1nnc(N)s1. The van der Waals surface area contributed by atoms with Crippen LogP contribution >= 0.6 is 11.3 Å². The van der Waals surface area contributed by atoms with Gasteiger partial charge in [0.25, 0.3) is 10.0 Å². The van der Waals surface area contributed by atoms with Crippen LogP contribution in [-0.4, -0.2) is 24.7 Å². The van der Waals surface area contributed by atoms with Gasteiger partial charge >= 0.3 is 0 Å². The molecule has 0 spiro atoms. The first kappa shape index (κ1) is 11.7. The first-order valence-corrected chi connectivity index (χ1v) is 7.40. The third-order valence-electron chi connectivity index (χ3n) is 2.82. The molecule has 2 rings (SSSR count). The average Bonchev–Trinajstić information content (AvgIpc) is 2.77. The third-order valence-corrected chi connectivity index (χ3v) is 5.43. The Kier molecular flexibility index (Phi) is 3.13. The molecular formula is C8H14N4O2S2. The van der Waals surface area contributed by atoms with Gasteiger partial charge in [0.1, 0.15) is 0 Å². The number of nitrogens with one attached hydrogen (secondary N) is 1. The summed E-state index contributed by atoms with van der Waals surface area (Å²) in [5.41, 5.74) is 5.36. The first-order valence-electron chi connectivity index (χ1n) is 5.10. The second-order valence-electron chi connectivity index (χ2n) is 4.04. The maximum atomic E-state index is 11.9. The molecule has 0 bridgehead atoms. The van der Waals surface area contributed by atoms with Crippen molar-refractivity contribution in [1.82, 2.24) is 14.9 Å². The molecule has 1 heterocycles. The van der Waals surface area contributed by atoms with Crippen molar-refractivity contribution in [2.75, 3.05) is 5.73 Å². The summed E-state index contributed by atoms with van der Waals surface area (Å²) in [6.07, 6.45) is 3.01. The van der Waals surface area contributed by atoms with Gasteiger partial charge < -0.3 is 5.73 Å². The molecule has 0 aromatic carbocycles. The van der Waals surface area contributed by atoms with Gasteiger partial charge in [-0.2, -0.15) is 0 Å². The number of anilines is 1. The summed E-state index contributed by atoms with van der Waals surface area (Å²) in [5.74, 6) is 0.375.